The molecule has 1 aromatic heterocycles. The first kappa shape index (κ1) is 17.6. The number of rotatable bonds is 5. The molecule has 2 heterocycles. The van der Waals surface area contributed by atoms with Crippen LogP contribution in [0.4, 0.5) is 14.5 Å². The predicted octanol–water partition coefficient (Wildman–Crippen LogP) is 4.00. The molecule has 1 aliphatic rings. The predicted molar refractivity (Wildman–Crippen MR) is 98.6 cm³/mol. The van der Waals surface area contributed by atoms with Crippen LogP contribution < -0.4 is 4.90 Å². The third-order valence-electron chi connectivity index (χ3n) is 4.73. The number of benzene rings is 2. The summed E-state index contributed by atoms with van der Waals surface area (Å²) in [6.07, 6.45) is -2.75. The quantitative estimate of drug-likeness (QED) is 0.679. The third-order valence-corrected chi connectivity index (χ3v) is 4.73. The van der Waals surface area contributed by atoms with E-state index in [9.17, 15) is 8.78 Å². The third kappa shape index (κ3) is 4.14. The second kappa shape index (κ2) is 7.84. The molecule has 0 radical (unpaired) electrons. The maximum absolute atomic E-state index is 12.6. The molecule has 0 aliphatic carbocycles. The maximum atomic E-state index is 12.6. The maximum Gasteiger partial charge on any atom is 0.314 e. The van der Waals surface area contributed by atoms with Crippen LogP contribution in [0.2, 0.25) is 0 Å². The fourth-order valence-corrected chi connectivity index (χ4v) is 3.25. The van der Waals surface area contributed by atoms with Crippen LogP contribution in [0.3, 0.4) is 0 Å². The summed E-state index contributed by atoms with van der Waals surface area (Å²) in [4.78, 5) is 4.81. The summed E-state index contributed by atoms with van der Waals surface area (Å²) in [5, 5.41) is 7.04. The van der Waals surface area contributed by atoms with Gasteiger partial charge in [-0.3, -0.25) is 4.90 Å². The van der Waals surface area contributed by atoms with Gasteiger partial charge in [-0.05, 0) is 29.8 Å². The monoisotopic (exact) mass is 370 g/mol. The summed E-state index contributed by atoms with van der Waals surface area (Å²) in [5.74, 6) is -0.529. The van der Waals surface area contributed by atoms with Crippen molar-refractivity contribution in [3.05, 3.63) is 66.1 Å². The molecular weight excluding hydrogens is 350 g/mol. The second-order valence-corrected chi connectivity index (χ2v) is 6.54. The van der Waals surface area contributed by atoms with Gasteiger partial charge in [-0.1, -0.05) is 30.3 Å². The Bertz CT molecular complexity index is 859. The van der Waals surface area contributed by atoms with Crippen LogP contribution in [0.1, 0.15) is 17.9 Å². The first-order chi connectivity index (χ1) is 13.2. The first-order valence-corrected chi connectivity index (χ1v) is 8.92. The number of piperazine rings is 1. The Hall–Kier alpha value is -2.80. The van der Waals surface area contributed by atoms with Crippen molar-refractivity contribution in [2.75, 3.05) is 31.1 Å². The van der Waals surface area contributed by atoms with E-state index in [2.05, 4.69) is 44.3 Å². The highest BCUT2D eigenvalue weighted by Crippen LogP contribution is 2.24. The second-order valence-electron chi connectivity index (χ2n) is 6.54. The molecule has 4 rings (SSSR count). The van der Waals surface area contributed by atoms with Gasteiger partial charge in [0.2, 0.25) is 5.89 Å². The molecule has 1 aliphatic heterocycles. The van der Waals surface area contributed by atoms with Gasteiger partial charge >= 0.3 is 6.43 Å². The molecule has 7 heteroatoms. The Balaban J connectivity index is 1.34. The number of para-hydroxylation sites is 1. The van der Waals surface area contributed by atoms with Gasteiger partial charge in [0.25, 0.3) is 5.89 Å². The van der Waals surface area contributed by atoms with Gasteiger partial charge in [0, 0.05) is 44.0 Å². The number of hydrogen-bond donors (Lipinski definition) is 0. The van der Waals surface area contributed by atoms with E-state index in [0.717, 1.165) is 32.7 Å². The van der Waals surface area contributed by atoms with Crippen molar-refractivity contribution in [3.63, 3.8) is 0 Å². The molecule has 0 N–H and O–H groups in total. The van der Waals surface area contributed by atoms with Gasteiger partial charge < -0.3 is 9.32 Å². The van der Waals surface area contributed by atoms with E-state index < -0.39 is 12.3 Å². The number of hydrogen-bond acceptors (Lipinski definition) is 5. The molecule has 1 fully saturated rings. The number of aromatic nitrogens is 2. The van der Waals surface area contributed by atoms with Crippen molar-refractivity contribution < 1.29 is 13.2 Å². The van der Waals surface area contributed by atoms with E-state index in [0.29, 0.717) is 5.56 Å². The Morgan fingerprint density at radius 2 is 1.59 bits per heavy atom. The van der Waals surface area contributed by atoms with Gasteiger partial charge in [-0.2, -0.15) is 8.78 Å². The summed E-state index contributed by atoms with van der Waals surface area (Å²) in [6, 6.07) is 18.1. The highest BCUT2D eigenvalue weighted by Gasteiger charge is 2.18. The molecule has 5 nitrogen and oxygen atoms in total. The highest BCUT2D eigenvalue weighted by molar-refractivity contribution is 5.53. The van der Waals surface area contributed by atoms with Crippen LogP contribution in [0.25, 0.3) is 11.5 Å². The van der Waals surface area contributed by atoms with Crippen LogP contribution in [-0.2, 0) is 6.54 Å². The number of nitrogens with zero attached hydrogens (tertiary/aromatic N) is 4. The Morgan fingerprint density at radius 1 is 0.889 bits per heavy atom. The van der Waals surface area contributed by atoms with Crippen molar-refractivity contribution in [2.45, 2.75) is 13.0 Å². The topological polar surface area (TPSA) is 45.4 Å². The Labute approximate surface area is 156 Å². The van der Waals surface area contributed by atoms with Gasteiger partial charge in [0.15, 0.2) is 0 Å². The number of anilines is 1. The molecule has 27 heavy (non-hydrogen) atoms. The molecule has 1 saturated heterocycles. The van der Waals surface area contributed by atoms with Crippen molar-refractivity contribution in [2.24, 2.45) is 0 Å². The van der Waals surface area contributed by atoms with Gasteiger partial charge in [0.1, 0.15) is 0 Å². The van der Waals surface area contributed by atoms with E-state index in [1.54, 1.807) is 0 Å². The molecule has 0 saturated carbocycles. The normalized spacial score (nSPS) is 15.4. The van der Waals surface area contributed by atoms with Crippen molar-refractivity contribution in [1.82, 2.24) is 15.1 Å². The van der Waals surface area contributed by atoms with E-state index >= 15 is 0 Å². The smallest absolute Gasteiger partial charge is 0.314 e. The van der Waals surface area contributed by atoms with Crippen molar-refractivity contribution in [3.8, 4) is 11.5 Å². The van der Waals surface area contributed by atoms with Crippen molar-refractivity contribution >= 4 is 5.69 Å². The molecule has 0 atom stereocenters. The van der Waals surface area contributed by atoms with Gasteiger partial charge in [-0.25, -0.2) is 0 Å². The average Bonchev–Trinajstić information content (AvgIpc) is 3.20. The lowest BCUT2D eigenvalue weighted by Crippen LogP contribution is -2.45. The van der Waals surface area contributed by atoms with Gasteiger partial charge in [-0.15, -0.1) is 10.2 Å². The fraction of sp³-hybridized carbons (Fsp3) is 0.300. The average molecular weight is 370 g/mol. The molecule has 2 aromatic carbocycles. The standard InChI is InChI=1S/C20H20F2N4O/c21-18(22)20-24-23-19(27-20)16-8-6-15(7-9-16)14-25-10-12-26(13-11-25)17-4-2-1-3-5-17/h1-9,18H,10-14H2. The Morgan fingerprint density at radius 3 is 2.22 bits per heavy atom. The summed E-state index contributed by atoms with van der Waals surface area (Å²) < 4.78 is 30.1. The fourth-order valence-electron chi connectivity index (χ4n) is 3.25. The molecule has 0 amide bonds. The van der Waals surface area contributed by atoms with Crippen molar-refractivity contribution in [1.29, 1.82) is 0 Å². The molecule has 0 unspecified atom stereocenters. The zero-order valence-electron chi connectivity index (χ0n) is 14.8. The molecule has 3 aromatic rings. The minimum Gasteiger partial charge on any atom is -0.415 e. The zero-order chi connectivity index (χ0) is 18.6. The first-order valence-electron chi connectivity index (χ1n) is 8.92. The Kier molecular flexibility index (Phi) is 5.11. The van der Waals surface area contributed by atoms with Crippen LogP contribution in [0.15, 0.2) is 59.0 Å². The highest BCUT2D eigenvalue weighted by atomic mass is 19.3. The van der Waals surface area contributed by atoms with Gasteiger partial charge in [0.05, 0.1) is 0 Å². The summed E-state index contributed by atoms with van der Waals surface area (Å²) in [5.41, 5.74) is 3.08. The van der Waals surface area contributed by atoms with Crippen LogP contribution in [0, 0.1) is 0 Å². The van der Waals surface area contributed by atoms with E-state index in [1.807, 2.05) is 30.3 Å². The lowest BCUT2D eigenvalue weighted by Gasteiger charge is -2.36. The number of alkyl halides is 2. The van der Waals surface area contributed by atoms with E-state index in [4.69, 9.17) is 4.42 Å². The lowest BCUT2D eigenvalue weighted by molar-refractivity contribution is 0.116. The van der Waals surface area contributed by atoms with E-state index in [1.165, 1.54) is 11.3 Å². The molecule has 0 spiro atoms. The van der Waals surface area contributed by atoms with E-state index in [-0.39, 0.29) is 5.89 Å². The number of halogens is 2. The summed E-state index contributed by atoms with van der Waals surface area (Å²) in [7, 11) is 0. The lowest BCUT2D eigenvalue weighted by atomic mass is 10.1. The molecule has 140 valence electrons. The van der Waals surface area contributed by atoms with Crippen LogP contribution >= 0.6 is 0 Å². The van der Waals surface area contributed by atoms with Crippen LogP contribution in [0.5, 0.6) is 0 Å². The summed E-state index contributed by atoms with van der Waals surface area (Å²) in [6.45, 7) is 4.85. The zero-order valence-corrected chi connectivity index (χ0v) is 14.8. The minimum atomic E-state index is -2.75. The molecular formula is C20H20F2N4O. The SMILES string of the molecule is FC(F)c1nnc(-c2ccc(CN3CCN(c4ccccc4)CC3)cc2)o1. The minimum absolute atomic E-state index is 0.119. The largest absolute Gasteiger partial charge is 0.415 e. The van der Waals surface area contributed by atoms with Crippen LogP contribution in [-0.4, -0.2) is 41.3 Å². The summed E-state index contributed by atoms with van der Waals surface area (Å²) >= 11 is 0. The molecule has 0 bridgehead atoms.